The van der Waals surface area contributed by atoms with E-state index in [0.717, 1.165) is 16.8 Å². The highest BCUT2D eigenvalue weighted by Crippen LogP contribution is 2.19. The number of benzene rings is 1. The van der Waals surface area contributed by atoms with E-state index in [1.165, 1.54) is 11.3 Å². The van der Waals surface area contributed by atoms with Crippen LogP contribution in [0.25, 0.3) is 16.3 Å². The number of thiazole rings is 1. The fourth-order valence-electron chi connectivity index (χ4n) is 1.48. The standard InChI is InChI=1S/C11H7N3OS/c15-7-9-6-14-11(16-9)12-10(13-14)8-4-2-1-3-5-8/h1-7H. The molecule has 1 aromatic carbocycles. The zero-order valence-corrected chi connectivity index (χ0v) is 9.02. The van der Waals surface area contributed by atoms with Crippen molar-refractivity contribution in [3.05, 3.63) is 41.4 Å². The van der Waals surface area contributed by atoms with Gasteiger partial charge in [0.25, 0.3) is 0 Å². The van der Waals surface area contributed by atoms with Crippen LogP contribution < -0.4 is 0 Å². The molecule has 5 heteroatoms. The highest BCUT2D eigenvalue weighted by Gasteiger charge is 2.08. The summed E-state index contributed by atoms with van der Waals surface area (Å²) in [7, 11) is 0. The van der Waals surface area contributed by atoms with Crippen molar-refractivity contribution in [1.29, 1.82) is 0 Å². The Bertz CT molecular complexity index is 610. The molecule has 3 aromatic rings. The van der Waals surface area contributed by atoms with Crippen molar-refractivity contribution in [2.45, 2.75) is 0 Å². The Morgan fingerprint density at radius 3 is 2.75 bits per heavy atom. The van der Waals surface area contributed by atoms with Crippen molar-refractivity contribution in [1.82, 2.24) is 14.6 Å². The summed E-state index contributed by atoms with van der Waals surface area (Å²) in [6.07, 6.45) is 2.50. The number of carbonyl (C=O) groups excluding carboxylic acids is 1. The second-order valence-electron chi connectivity index (χ2n) is 3.28. The summed E-state index contributed by atoms with van der Waals surface area (Å²) in [5.74, 6) is 0.685. The van der Waals surface area contributed by atoms with Gasteiger partial charge in [0.05, 0.1) is 11.1 Å². The maximum Gasteiger partial charge on any atom is 0.213 e. The molecule has 0 fully saturated rings. The van der Waals surface area contributed by atoms with Crippen LogP contribution in [0.15, 0.2) is 36.5 Å². The molecule has 0 unspecified atom stereocenters. The topological polar surface area (TPSA) is 47.3 Å². The minimum absolute atomic E-state index is 0.634. The van der Waals surface area contributed by atoms with Crippen LogP contribution in [-0.4, -0.2) is 20.9 Å². The van der Waals surface area contributed by atoms with Crippen molar-refractivity contribution in [2.75, 3.05) is 0 Å². The Labute approximate surface area is 95.2 Å². The lowest BCUT2D eigenvalue weighted by molar-refractivity contribution is 0.112. The number of hydrogen-bond donors (Lipinski definition) is 0. The molecule has 0 saturated heterocycles. The first-order valence-corrected chi connectivity index (χ1v) is 5.55. The monoisotopic (exact) mass is 229 g/mol. The Hall–Kier alpha value is -2.01. The third-order valence-corrected chi connectivity index (χ3v) is 3.11. The van der Waals surface area contributed by atoms with Gasteiger partial charge >= 0.3 is 0 Å². The molecule has 0 spiro atoms. The molecular weight excluding hydrogens is 222 g/mol. The fraction of sp³-hybridized carbons (Fsp3) is 0. The smallest absolute Gasteiger partial charge is 0.213 e. The zero-order chi connectivity index (χ0) is 11.0. The van der Waals surface area contributed by atoms with Gasteiger partial charge in [-0.15, -0.1) is 5.10 Å². The van der Waals surface area contributed by atoms with E-state index in [-0.39, 0.29) is 0 Å². The number of fused-ring (bicyclic) bond motifs is 1. The predicted octanol–water partition coefficient (Wildman–Crippen LogP) is 2.27. The first kappa shape index (κ1) is 9.23. The minimum Gasteiger partial charge on any atom is -0.297 e. The lowest BCUT2D eigenvalue weighted by Crippen LogP contribution is -1.83. The summed E-state index contributed by atoms with van der Waals surface area (Å²) in [6, 6.07) is 9.76. The zero-order valence-electron chi connectivity index (χ0n) is 8.20. The van der Waals surface area contributed by atoms with Crippen LogP contribution in [0, 0.1) is 0 Å². The summed E-state index contributed by atoms with van der Waals surface area (Å²) in [5, 5.41) is 4.31. The van der Waals surface area contributed by atoms with E-state index in [2.05, 4.69) is 10.1 Å². The first-order chi connectivity index (χ1) is 7.86. The molecule has 4 nitrogen and oxygen atoms in total. The van der Waals surface area contributed by atoms with Crippen LogP contribution in [0.3, 0.4) is 0 Å². The van der Waals surface area contributed by atoms with E-state index in [4.69, 9.17) is 0 Å². The Morgan fingerprint density at radius 1 is 1.25 bits per heavy atom. The van der Waals surface area contributed by atoms with Crippen molar-refractivity contribution in [3.8, 4) is 11.4 Å². The van der Waals surface area contributed by atoms with E-state index in [0.29, 0.717) is 10.7 Å². The van der Waals surface area contributed by atoms with E-state index >= 15 is 0 Å². The molecule has 0 atom stereocenters. The number of rotatable bonds is 2. The molecule has 78 valence electrons. The molecule has 16 heavy (non-hydrogen) atoms. The number of aldehydes is 1. The van der Waals surface area contributed by atoms with Crippen molar-refractivity contribution in [3.63, 3.8) is 0 Å². The Kier molecular flexibility index (Phi) is 2.04. The largest absolute Gasteiger partial charge is 0.297 e. The van der Waals surface area contributed by atoms with Crippen LogP contribution in [0.2, 0.25) is 0 Å². The van der Waals surface area contributed by atoms with Gasteiger partial charge in [-0.25, -0.2) is 4.52 Å². The van der Waals surface area contributed by atoms with Crippen molar-refractivity contribution in [2.24, 2.45) is 0 Å². The molecular formula is C11H7N3OS. The molecule has 2 aromatic heterocycles. The van der Waals surface area contributed by atoms with Gasteiger partial charge in [-0.3, -0.25) is 4.79 Å². The van der Waals surface area contributed by atoms with Crippen LogP contribution in [0.4, 0.5) is 0 Å². The lowest BCUT2D eigenvalue weighted by atomic mass is 10.2. The summed E-state index contributed by atoms with van der Waals surface area (Å²) in [4.78, 5) is 16.3. The summed E-state index contributed by atoms with van der Waals surface area (Å²) in [5.41, 5.74) is 0.978. The van der Waals surface area contributed by atoms with Crippen molar-refractivity contribution < 1.29 is 4.79 Å². The third kappa shape index (κ3) is 1.42. The average molecular weight is 229 g/mol. The van der Waals surface area contributed by atoms with Gasteiger partial charge in [0.15, 0.2) is 12.1 Å². The SMILES string of the molecule is O=Cc1cn2nc(-c3ccccc3)nc2s1. The molecule has 0 N–H and O–H groups in total. The molecule has 0 amide bonds. The molecule has 3 rings (SSSR count). The number of nitrogens with zero attached hydrogens (tertiary/aromatic N) is 3. The predicted molar refractivity (Wildman–Crippen MR) is 61.7 cm³/mol. The highest BCUT2D eigenvalue weighted by atomic mass is 32.1. The number of hydrogen-bond acceptors (Lipinski definition) is 4. The van der Waals surface area contributed by atoms with E-state index < -0.39 is 0 Å². The molecule has 0 saturated carbocycles. The molecule has 0 bridgehead atoms. The Balaban J connectivity index is 2.13. The maximum atomic E-state index is 10.6. The maximum absolute atomic E-state index is 10.6. The molecule has 0 aliphatic carbocycles. The second-order valence-corrected chi connectivity index (χ2v) is 4.32. The number of aromatic nitrogens is 3. The summed E-state index contributed by atoms with van der Waals surface area (Å²) >= 11 is 1.33. The van der Waals surface area contributed by atoms with Crippen LogP contribution in [0.5, 0.6) is 0 Å². The van der Waals surface area contributed by atoms with Gasteiger partial charge in [0.2, 0.25) is 4.96 Å². The number of carbonyl (C=O) groups is 1. The second kappa shape index (κ2) is 3.53. The third-order valence-electron chi connectivity index (χ3n) is 2.21. The van der Waals surface area contributed by atoms with E-state index in [1.807, 2.05) is 30.3 Å². The first-order valence-electron chi connectivity index (χ1n) is 4.73. The summed E-state index contributed by atoms with van der Waals surface area (Å²) < 4.78 is 1.64. The average Bonchev–Trinajstić information content (AvgIpc) is 2.87. The van der Waals surface area contributed by atoms with Gasteiger partial charge in [0.1, 0.15) is 0 Å². The van der Waals surface area contributed by atoms with Crippen molar-refractivity contribution >= 4 is 22.6 Å². The highest BCUT2D eigenvalue weighted by molar-refractivity contribution is 7.18. The normalized spacial score (nSPS) is 10.8. The molecule has 0 aliphatic heterocycles. The molecule has 0 radical (unpaired) electrons. The Morgan fingerprint density at radius 2 is 2.06 bits per heavy atom. The van der Waals surface area contributed by atoms with Crippen LogP contribution >= 0.6 is 11.3 Å². The van der Waals surface area contributed by atoms with Gasteiger partial charge in [-0.2, -0.15) is 4.98 Å². The van der Waals surface area contributed by atoms with Gasteiger partial charge in [-0.1, -0.05) is 41.7 Å². The quantitative estimate of drug-likeness (QED) is 0.633. The molecule has 0 aliphatic rings. The van der Waals surface area contributed by atoms with Crippen LogP contribution in [0.1, 0.15) is 9.67 Å². The minimum atomic E-state index is 0.634. The van der Waals surface area contributed by atoms with Gasteiger partial charge in [-0.05, 0) is 0 Å². The lowest BCUT2D eigenvalue weighted by Gasteiger charge is -1.91. The fourth-order valence-corrected chi connectivity index (χ4v) is 2.21. The van der Waals surface area contributed by atoms with E-state index in [9.17, 15) is 4.79 Å². The van der Waals surface area contributed by atoms with Crippen LogP contribution in [-0.2, 0) is 0 Å². The molecule has 2 heterocycles. The van der Waals surface area contributed by atoms with Gasteiger partial charge < -0.3 is 0 Å². The summed E-state index contributed by atoms with van der Waals surface area (Å²) in [6.45, 7) is 0. The van der Waals surface area contributed by atoms with Gasteiger partial charge in [0, 0.05) is 5.56 Å². The van der Waals surface area contributed by atoms with E-state index in [1.54, 1.807) is 10.7 Å².